The summed E-state index contributed by atoms with van der Waals surface area (Å²) in [6.07, 6.45) is 2.16. The predicted molar refractivity (Wildman–Crippen MR) is 78.0 cm³/mol. The second-order valence-corrected chi connectivity index (χ2v) is 6.37. The molecule has 0 aliphatic carbocycles. The van der Waals surface area contributed by atoms with E-state index < -0.39 is 0 Å². The number of benzene rings is 1. The van der Waals surface area contributed by atoms with Crippen LogP contribution in [-0.4, -0.2) is 23.4 Å². The molecule has 1 aromatic carbocycles. The number of nitrogens with zero attached hydrogens (tertiary/aromatic N) is 1. The van der Waals surface area contributed by atoms with Gasteiger partial charge < -0.3 is 4.90 Å². The number of halogens is 2. The normalized spacial score (nSPS) is 24.1. The summed E-state index contributed by atoms with van der Waals surface area (Å²) in [5.41, 5.74) is 0.671. The van der Waals surface area contributed by atoms with E-state index in [-0.39, 0.29) is 5.91 Å². The summed E-state index contributed by atoms with van der Waals surface area (Å²) in [7, 11) is 0. The molecule has 2 nitrogen and oxygen atoms in total. The fourth-order valence-corrected chi connectivity index (χ4v) is 2.93. The first-order valence-electron chi connectivity index (χ1n) is 6.25. The van der Waals surface area contributed by atoms with Gasteiger partial charge in [-0.1, -0.05) is 18.5 Å². The summed E-state index contributed by atoms with van der Waals surface area (Å²) in [5.74, 6) is 0.793. The summed E-state index contributed by atoms with van der Waals surface area (Å²) in [6.45, 7) is 5.21. The van der Waals surface area contributed by atoms with Crippen LogP contribution in [0.5, 0.6) is 0 Å². The molecule has 1 heterocycles. The van der Waals surface area contributed by atoms with Gasteiger partial charge >= 0.3 is 0 Å². The molecule has 98 valence electrons. The Morgan fingerprint density at radius 3 is 2.78 bits per heavy atom. The molecule has 2 rings (SSSR count). The highest BCUT2D eigenvalue weighted by atomic mass is 79.9. The molecular weight excluding hydrogens is 314 g/mol. The second-order valence-electron chi connectivity index (χ2n) is 5.11. The van der Waals surface area contributed by atoms with Gasteiger partial charge in [-0.2, -0.15) is 0 Å². The van der Waals surface area contributed by atoms with E-state index in [1.54, 1.807) is 6.07 Å². The van der Waals surface area contributed by atoms with Crippen molar-refractivity contribution >= 4 is 33.4 Å². The number of carbonyl (C=O) groups is 1. The van der Waals surface area contributed by atoms with Crippen molar-refractivity contribution in [3.05, 3.63) is 33.3 Å². The Hall–Kier alpha value is -0.540. The highest BCUT2D eigenvalue weighted by Gasteiger charge is 2.27. The van der Waals surface area contributed by atoms with Crippen molar-refractivity contribution in [1.29, 1.82) is 0 Å². The molecule has 0 N–H and O–H groups in total. The molecule has 1 aromatic rings. The quantitative estimate of drug-likeness (QED) is 0.749. The van der Waals surface area contributed by atoms with Gasteiger partial charge in [-0.3, -0.25) is 4.79 Å². The fraction of sp³-hybridized carbons (Fsp3) is 0.500. The van der Waals surface area contributed by atoms with Crippen molar-refractivity contribution in [3.8, 4) is 0 Å². The molecule has 2 unspecified atom stereocenters. The minimum absolute atomic E-state index is 0.0869. The zero-order chi connectivity index (χ0) is 13.3. The lowest BCUT2D eigenvalue weighted by Crippen LogP contribution is -2.44. The Bertz CT molecular complexity index is 463. The molecule has 0 spiro atoms. The third kappa shape index (κ3) is 2.89. The molecule has 0 bridgehead atoms. The fourth-order valence-electron chi connectivity index (χ4n) is 2.50. The van der Waals surface area contributed by atoms with E-state index in [4.69, 9.17) is 11.6 Å². The summed E-state index contributed by atoms with van der Waals surface area (Å²) < 4.78 is 0.820. The van der Waals surface area contributed by atoms with E-state index in [9.17, 15) is 4.79 Å². The van der Waals surface area contributed by atoms with Gasteiger partial charge in [0.1, 0.15) is 0 Å². The van der Waals surface area contributed by atoms with Crippen LogP contribution in [0.4, 0.5) is 0 Å². The molecule has 0 radical (unpaired) electrons. The van der Waals surface area contributed by atoms with E-state index >= 15 is 0 Å². The Morgan fingerprint density at radius 2 is 2.17 bits per heavy atom. The number of likely N-dealkylation sites (tertiary alicyclic amines) is 1. The van der Waals surface area contributed by atoms with E-state index in [2.05, 4.69) is 29.8 Å². The van der Waals surface area contributed by atoms with Gasteiger partial charge in [0.2, 0.25) is 0 Å². The van der Waals surface area contributed by atoms with Crippen molar-refractivity contribution in [2.24, 2.45) is 5.92 Å². The smallest absolute Gasteiger partial charge is 0.254 e. The van der Waals surface area contributed by atoms with Crippen molar-refractivity contribution in [3.63, 3.8) is 0 Å². The van der Waals surface area contributed by atoms with E-state index in [1.807, 2.05) is 17.0 Å². The van der Waals surface area contributed by atoms with Crippen LogP contribution in [-0.2, 0) is 0 Å². The molecule has 1 aliphatic rings. The average molecular weight is 331 g/mol. The van der Waals surface area contributed by atoms with Gasteiger partial charge in [0, 0.05) is 22.6 Å². The third-order valence-electron chi connectivity index (χ3n) is 3.57. The molecular formula is C14H17BrClNO. The van der Waals surface area contributed by atoms with Crippen LogP contribution in [0.1, 0.15) is 37.0 Å². The Morgan fingerprint density at radius 1 is 1.44 bits per heavy atom. The number of carbonyl (C=O) groups excluding carboxylic acids is 1. The molecule has 1 saturated heterocycles. The molecule has 18 heavy (non-hydrogen) atoms. The van der Waals surface area contributed by atoms with Crippen molar-refractivity contribution in [1.82, 2.24) is 4.90 Å². The van der Waals surface area contributed by atoms with Crippen LogP contribution < -0.4 is 0 Å². The number of amides is 1. The molecule has 1 amide bonds. The van der Waals surface area contributed by atoms with Crippen molar-refractivity contribution in [2.75, 3.05) is 6.54 Å². The first-order valence-corrected chi connectivity index (χ1v) is 7.42. The predicted octanol–water partition coefficient (Wildman–Crippen LogP) is 4.36. The number of hydrogen-bond donors (Lipinski definition) is 0. The summed E-state index contributed by atoms with van der Waals surface area (Å²) >= 11 is 9.38. The van der Waals surface area contributed by atoms with Gasteiger partial charge in [-0.15, -0.1) is 0 Å². The zero-order valence-corrected chi connectivity index (χ0v) is 13.0. The van der Waals surface area contributed by atoms with E-state index in [0.717, 1.165) is 23.9 Å². The Balaban J connectivity index is 2.18. The highest BCUT2D eigenvalue weighted by Crippen LogP contribution is 2.27. The van der Waals surface area contributed by atoms with Crippen LogP contribution in [0.3, 0.4) is 0 Å². The van der Waals surface area contributed by atoms with E-state index in [1.165, 1.54) is 0 Å². The lowest BCUT2D eigenvalue weighted by molar-refractivity contribution is 0.0588. The first kappa shape index (κ1) is 13.9. The summed E-state index contributed by atoms with van der Waals surface area (Å²) in [4.78, 5) is 14.4. The molecule has 1 fully saturated rings. The monoisotopic (exact) mass is 329 g/mol. The Kier molecular flexibility index (Phi) is 4.33. The lowest BCUT2D eigenvalue weighted by Gasteiger charge is -2.36. The summed E-state index contributed by atoms with van der Waals surface area (Å²) in [5, 5.41) is 0.582. The molecule has 0 aromatic heterocycles. The number of piperidine rings is 1. The van der Waals surface area contributed by atoms with Crippen LogP contribution >= 0.6 is 27.5 Å². The third-order valence-corrected chi connectivity index (χ3v) is 4.80. The maximum Gasteiger partial charge on any atom is 0.254 e. The zero-order valence-electron chi connectivity index (χ0n) is 10.6. The molecule has 2 atom stereocenters. The standard InChI is InChI=1S/C14H17BrClNO/c1-9-5-6-17(10(2)7-9)14(18)11-3-4-12(15)13(16)8-11/h3-4,8-10H,5-7H2,1-2H3. The van der Waals surface area contributed by atoms with Crippen LogP contribution in [0.25, 0.3) is 0 Å². The maximum atomic E-state index is 12.4. The van der Waals surface area contributed by atoms with Crippen molar-refractivity contribution < 1.29 is 4.79 Å². The number of rotatable bonds is 1. The van der Waals surface area contributed by atoms with Crippen molar-refractivity contribution in [2.45, 2.75) is 32.7 Å². The van der Waals surface area contributed by atoms with Gasteiger partial charge in [-0.05, 0) is 59.8 Å². The molecule has 4 heteroatoms. The average Bonchev–Trinajstić information content (AvgIpc) is 2.32. The minimum Gasteiger partial charge on any atom is -0.336 e. The van der Waals surface area contributed by atoms with Gasteiger partial charge in [-0.25, -0.2) is 0 Å². The van der Waals surface area contributed by atoms with E-state index in [0.29, 0.717) is 22.5 Å². The van der Waals surface area contributed by atoms with Gasteiger partial charge in [0.25, 0.3) is 5.91 Å². The Labute approximate surface area is 121 Å². The van der Waals surface area contributed by atoms with Crippen LogP contribution in [0.15, 0.2) is 22.7 Å². The van der Waals surface area contributed by atoms with Crippen LogP contribution in [0, 0.1) is 5.92 Å². The van der Waals surface area contributed by atoms with Gasteiger partial charge in [0.15, 0.2) is 0 Å². The summed E-state index contributed by atoms with van der Waals surface area (Å²) in [6, 6.07) is 5.69. The minimum atomic E-state index is 0.0869. The second kappa shape index (κ2) is 5.62. The first-order chi connectivity index (χ1) is 8.49. The topological polar surface area (TPSA) is 20.3 Å². The molecule has 0 saturated carbocycles. The van der Waals surface area contributed by atoms with Gasteiger partial charge in [0.05, 0.1) is 5.02 Å². The molecule has 1 aliphatic heterocycles. The highest BCUT2D eigenvalue weighted by molar-refractivity contribution is 9.10. The lowest BCUT2D eigenvalue weighted by atomic mass is 9.93. The SMILES string of the molecule is CC1CCN(C(=O)c2ccc(Br)c(Cl)c2)C(C)C1. The number of hydrogen-bond acceptors (Lipinski definition) is 1. The van der Waals surface area contributed by atoms with Crippen LogP contribution in [0.2, 0.25) is 5.02 Å². The largest absolute Gasteiger partial charge is 0.336 e. The maximum absolute atomic E-state index is 12.4.